The standard InChI is InChI=1S/C24H22N8O4/c1-2-36-20-14-16(13-19(21(20)33)32(34)35)15-25-31-24-29-22(26-17-9-5-3-6-10-17)28-23(30-24)27-18-11-7-4-8-12-18/h3-15,33H,2H2,1H3,(H3,26,27,28,29,30,31)/b25-15-. The minimum absolute atomic E-state index is 0.0167. The number of nitro groups is 1. The second-order valence-electron chi connectivity index (χ2n) is 7.24. The van der Waals surface area contributed by atoms with E-state index in [1.807, 2.05) is 60.7 Å². The van der Waals surface area contributed by atoms with Crippen LogP contribution in [0.4, 0.5) is 34.9 Å². The lowest BCUT2D eigenvalue weighted by Crippen LogP contribution is -2.07. The van der Waals surface area contributed by atoms with Gasteiger partial charge in [-0.05, 0) is 37.3 Å². The first-order valence-electron chi connectivity index (χ1n) is 10.9. The van der Waals surface area contributed by atoms with E-state index in [1.54, 1.807) is 6.92 Å². The number of phenolic OH excluding ortho intramolecular Hbond substituents is 1. The lowest BCUT2D eigenvalue weighted by molar-refractivity contribution is -0.386. The van der Waals surface area contributed by atoms with E-state index in [9.17, 15) is 15.2 Å². The molecule has 1 aromatic heterocycles. The van der Waals surface area contributed by atoms with Crippen LogP contribution in [0.1, 0.15) is 12.5 Å². The van der Waals surface area contributed by atoms with E-state index in [0.29, 0.717) is 5.56 Å². The van der Waals surface area contributed by atoms with Gasteiger partial charge in [0.1, 0.15) is 0 Å². The third-order valence-electron chi connectivity index (χ3n) is 4.65. The number of benzene rings is 3. The highest BCUT2D eigenvalue weighted by Crippen LogP contribution is 2.36. The topological polar surface area (TPSA) is 160 Å². The van der Waals surface area contributed by atoms with Gasteiger partial charge in [-0.1, -0.05) is 36.4 Å². The highest BCUT2D eigenvalue weighted by atomic mass is 16.6. The SMILES string of the molecule is CCOc1cc(/C=N\Nc2nc(Nc3ccccc3)nc(Nc3ccccc3)n2)cc([N+](=O)[O-])c1O. The number of aromatic nitrogens is 3. The fourth-order valence-electron chi connectivity index (χ4n) is 3.10. The Balaban J connectivity index is 1.60. The monoisotopic (exact) mass is 486 g/mol. The second-order valence-corrected chi connectivity index (χ2v) is 7.24. The van der Waals surface area contributed by atoms with E-state index in [2.05, 4.69) is 36.1 Å². The van der Waals surface area contributed by atoms with Gasteiger partial charge in [0.15, 0.2) is 5.75 Å². The van der Waals surface area contributed by atoms with Gasteiger partial charge in [-0.15, -0.1) is 0 Å². The molecule has 4 aromatic rings. The third kappa shape index (κ3) is 6.20. The molecule has 0 spiro atoms. The number of hydrogen-bond acceptors (Lipinski definition) is 11. The van der Waals surface area contributed by atoms with Crippen molar-refractivity contribution in [3.05, 3.63) is 88.5 Å². The molecule has 12 heteroatoms. The number of phenols is 1. The fraction of sp³-hybridized carbons (Fsp3) is 0.0833. The van der Waals surface area contributed by atoms with Crippen LogP contribution in [0.2, 0.25) is 0 Å². The molecule has 0 bridgehead atoms. The van der Waals surface area contributed by atoms with Crippen LogP contribution in [-0.4, -0.2) is 37.8 Å². The molecule has 0 unspecified atom stereocenters. The number of aromatic hydroxyl groups is 1. The molecule has 36 heavy (non-hydrogen) atoms. The van der Waals surface area contributed by atoms with E-state index in [-0.39, 0.29) is 30.2 Å². The number of anilines is 5. The van der Waals surface area contributed by atoms with E-state index in [4.69, 9.17) is 4.74 Å². The molecule has 4 rings (SSSR count). The van der Waals surface area contributed by atoms with Crippen molar-refractivity contribution in [1.82, 2.24) is 15.0 Å². The van der Waals surface area contributed by atoms with Crippen LogP contribution in [0.15, 0.2) is 77.9 Å². The number of ether oxygens (including phenoxy) is 1. The van der Waals surface area contributed by atoms with Crippen LogP contribution >= 0.6 is 0 Å². The third-order valence-corrected chi connectivity index (χ3v) is 4.65. The van der Waals surface area contributed by atoms with Gasteiger partial charge >= 0.3 is 5.69 Å². The molecule has 0 aliphatic heterocycles. The van der Waals surface area contributed by atoms with Crippen LogP contribution in [0, 0.1) is 10.1 Å². The molecule has 0 amide bonds. The fourth-order valence-corrected chi connectivity index (χ4v) is 3.10. The first kappa shape index (κ1) is 23.9. The van der Waals surface area contributed by atoms with Gasteiger partial charge in [0, 0.05) is 23.0 Å². The smallest absolute Gasteiger partial charge is 0.315 e. The van der Waals surface area contributed by atoms with Gasteiger partial charge in [-0.3, -0.25) is 10.1 Å². The number of nitrogens with zero attached hydrogens (tertiary/aromatic N) is 5. The lowest BCUT2D eigenvalue weighted by Gasteiger charge is -2.10. The summed E-state index contributed by atoms with van der Waals surface area (Å²) in [6, 6.07) is 21.4. The molecule has 1 heterocycles. The molecule has 0 aliphatic carbocycles. The Morgan fingerprint density at radius 2 is 1.50 bits per heavy atom. The molecule has 3 aromatic carbocycles. The maximum atomic E-state index is 11.3. The van der Waals surface area contributed by atoms with Gasteiger partial charge in [0.2, 0.25) is 23.6 Å². The summed E-state index contributed by atoms with van der Waals surface area (Å²) < 4.78 is 5.29. The van der Waals surface area contributed by atoms with Crippen molar-refractivity contribution in [3.63, 3.8) is 0 Å². The highest BCUT2D eigenvalue weighted by Gasteiger charge is 2.19. The van der Waals surface area contributed by atoms with Crippen LogP contribution in [0.3, 0.4) is 0 Å². The van der Waals surface area contributed by atoms with Gasteiger partial charge < -0.3 is 20.5 Å². The average Bonchev–Trinajstić information content (AvgIpc) is 2.87. The summed E-state index contributed by atoms with van der Waals surface area (Å²) in [4.78, 5) is 23.7. The summed E-state index contributed by atoms with van der Waals surface area (Å²) >= 11 is 0. The van der Waals surface area contributed by atoms with Crippen LogP contribution in [0.25, 0.3) is 0 Å². The van der Waals surface area contributed by atoms with Crippen molar-refractivity contribution in [2.75, 3.05) is 22.7 Å². The normalized spacial score (nSPS) is 10.7. The summed E-state index contributed by atoms with van der Waals surface area (Å²) in [6.07, 6.45) is 1.33. The van der Waals surface area contributed by atoms with Crippen molar-refractivity contribution < 1.29 is 14.8 Å². The second kappa shape index (κ2) is 11.2. The van der Waals surface area contributed by atoms with Crippen molar-refractivity contribution >= 4 is 41.1 Å². The van der Waals surface area contributed by atoms with E-state index < -0.39 is 16.4 Å². The molecule has 0 atom stereocenters. The molecular formula is C24H22N8O4. The van der Waals surface area contributed by atoms with Gasteiger partial charge in [0.25, 0.3) is 0 Å². The minimum atomic E-state index is -0.697. The average molecular weight is 486 g/mol. The van der Waals surface area contributed by atoms with Gasteiger partial charge in [-0.25, -0.2) is 5.43 Å². The van der Waals surface area contributed by atoms with Crippen molar-refractivity contribution in [1.29, 1.82) is 0 Å². The zero-order chi connectivity index (χ0) is 25.3. The van der Waals surface area contributed by atoms with Crippen molar-refractivity contribution in [2.24, 2.45) is 5.10 Å². The zero-order valence-corrected chi connectivity index (χ0v) is 19.1. The Morgan fingerprint density at radius 1 is 0.944 bits per heavy atom. The Morgan fingerprint density at radius 3 is 2.03 bits per heavy atom. The van der Waals surface area contributed by atoms with Gasteiger partial charge in [0.05, 0.1) is 17.7 Å². The molecular weight excluding hydrogens is 464 g/mol. The van der Waals surface area contributed by atoms with E-state index in [0.717, 1.165) is 11.4 Å². The molecule has 4 N–H and O–H groups in total. The minimum Gasteiger partial charge on any atom is -0.500 e. The summed E-state index contributed by atoms with van der Waals surface area (Å²) in [5, 5.41) is 31.7. The largest absolute Gasteiger partial charge is 0.500 e. The Labute approximate surface area is 205 Å². The van der Waals surface area contributed by atoms with E-state index in [1.165, 1.54) is 18.3 Å². The van der Waals surface area contributed by atoms with Crippen molar-refractivity contribution in [2.45, 2.75) is 6.92 Å². The van der Waals surface area contributed by atoms with Crippen molar-refractivity contribution in [3.8, 4) is 11.5 Å². The maximum absolute atomic E-state index is 11.3. The summed E-state index contributed by atoms with van der Waals surface area (Å²) in [7, 11) is 0. The number of hydrogen-bond donors (Lipinski definition) is 4. The summed E-state index contributed by atoms with van der Waals surface area (Å²) in [5.41, 5.74) is 4.11. The number of nitrogens with one attached hydrogen (secondary N) is 3. The van der Waals surface area contributed by atoms with Crippen LogP contribution in [-0.2, 0) is 0 Å². The Bertz CT molecular complexity index is 1310. The predicted octanol–water partition coefficient (Wildman–Crippen LogP) is 4.82. The molecule has 0 saturated heterocycles. The predicted molar refractivity (Wildman–Crippen MR) is 136 cm³/mol. The molecule has 0 radical (unpaired) electrons. The quantitative estimate of drug-likeness (QED) is 0.139. The Kier molecular flexibility index (Phi) is 7.46. The molecule has 182 valence electrons. The highest BCUT2D eigenvalue weighted by molar-refractivity contribution is 5.83. The summed E-state index contributed by atoms with van der Waals surface area (Å²) in [5.74, 6) is 0.101. The molecule has 12 nitrogen and oxygen atoms in total. The molecule has 0 saturated carbocycles. The maximum Gasteiger partial charge on any atom is 0.315 e. The lowest BCUT2D eigenvalue weighted by atomic mass is 10.2. The molecule has 0 aliphatic rings. The summed E-state index contributed by atoms with van der Waals surface area (Å²) in [6.45, 7) is 1.93. The first-order valence-corrected chi connectivity index (χ1v) is 10.9. The Hall–Kier alpha value is -5.26. The number of nitro benzene ring substituents is 1. The number of para-hydroxylation sites is 2. The first-order chi connectivity index (χ1) is 17.5. The zero-order valence-electron chi connectivity index (χ0n) is 19.1. The number of rotatable bonds is 10. The van der Waals surface area contributed by atoms with Gasteiger partial charge in [-0.2, -0.15) is 20.1 Å². The molecule has 0 fully saturated rings. The van der Waals surface area contributed by atoms with Crippen LogP contribution in [0.5, 0.6) is 11.5 Å². The number of hydrazone groups is 1. The van der Waals surface area contributed by atoms with Crippen LogP contribution < -0.4 is 20.8 Å². The van der Waals surface area contributed by atoms with E-state index >= 15 is 0 Å².